The van der Waals surface area contributed by atoms with Crippen LogP contribution >= 0.6 is 11.8 Å². The van der Waals surface area contributed by atoms with Gasteiger partial charge < -0.3 is 10.3 Å². The summed E-state index contributed by atoms with van der Waals surface area (Å²) in [6, 6.07) is 5.59. The molecule has 0 aliphatic carbocycles. The Kier molecular flexibility index (Phi) is 4.33. The molecule has 20 heavy (non-hydrogen) atoms. The summed E-state index contributed by atoms with van der Waals surface area (Å²) in [6.45, 7) is 0.122. The molecule has 2 N–H and O–H groups in total. The zero-order chi connectivity index (χ0) is 14.6. The number of hydrogen-bond donors (Lipinski definition) is 2. The molecule has 0 saturated carbocycles. The third kappa shape index (κ3) is 4.02. The predicted molar refractivity (Wildman–Crippen MR) is 68.1 cm³/mol. The van der Waals surface area contributed by atoms with E-state index in [2.05, 4.69) is 15.3 Å². The Morgan fingerprint density at radius 2 is 2.10 bits per heavy atom. The zero-order valence-corrected chi connectivity index (χ0v) is 10.9. The Hall–Kier alpha value is -1.96. The second kappa shape index (κ2) is 6.00. The summed E-state index contributed by atoms with van der Waals surface area (Å²) in [5.41, 5.74) is -4.45. The van der Waals surface area contributed by atoms with Crippen LogP contribution in [0.1, 0.15) is 16.2 Å². The molecule has 1 aromatic heterocycles. The molecule has 0 aliphatic rings. The van der Waals surface area contributed by atoms with Crippen LogP contribution in [0.15, 0.2) is 41.6 Å². The second-order valence-corrected chi connectivity index (χ2v) is 4.87. The van der Waals surface area contributed by atoms with Crippen LogP contribution in [-0.2, 0) is 6.54 Å². The van der Waals surface area contributed by atoms with Crippen molar-refractivity contribution >= 4 is 17.7 Å². The van der Waals surface area contributed by atoms with Gasteiger partial charge in [-0.2, -0.15) is 13.2 Å². The Bertz CT molecular complexity index is 584. The van der Waals surface area contributed by atoms with E-state index in [1.807, 2.05) is 0 Å². The minimum atomic E-state index is -4.43. The lowest BCUT2D eigenvalue weighted by atomic mass is 10.2. The van der Waals surface area contributed by atoms with Crippen molar-refractivity contribution in [3.63, 3.8) is 0 Å². The van der Waals surface area contributed by atoms with Gasteiger partial charge in [-0.05, 0) is 23.9 Å². The molecule has 0 spiro atoms. The number of carbonyl (C=O) groups is 1. The molecule has 1 aromatic carbocycles. The molecular weight excluding hydrogens is 291 g/mol. The van der Waals surface area contributed by atoms with Crippen molar-refractivity contribution in [2.24, 2.45) is 0 Å². The molecule has 0 atom stereocenters. The standard InChI is InChI=1S/C12H10F3N3OS/c13-12(14,15)20-9-4-2-1-3-8(9)11(19)18-7-10-16-5-6-17-10/h1-6H,7H2,(H,16,17)(H,18,19). The summed E-state index contributed by atoms with van der Waals surface area (Å²) in [5, 5.41) is 2.51. The van der Waals surface area contributed by atoms with Gasteiger partial charge in [0.05, 0.1) is 12.1 Å². The minimum absolute atomic E-state index is 0.0126. The lowest BCUT2D eigenvalue weighted by Gasteiger charge is -2.10. The third-order valence-electron chi connectivity index (χ3n) is 2.33. The van der Waals surface area contributed by atoms with Gasteiger partial charge in [0.1, 0.15) is 5.82 Å². The number of rotatable bonds is 4. The van der Waals surface area contributed by atoms with Crippen molar-refractivity contribution in [2.45, 2.75) is 16.9 Å². The van der Waals surface area contributed by atoms with Crippen molar-refractivity contribution in [1.29, 1.82) is 0 Å². The first-order valence-corrected chi connectivity index (χ1v) is 6.38. The SMILES string of the molecule is O=C(NCc1ncc[nH]1)c1ccccc1SC(F)(F)F. The highest BCUT2D eigenvalue weighted by atomic mass is 32.2. The fourth-order valence-corrected chi connectivity index (χ4v) is 2.19. The van der Waals surface area contributed by atoms with Crippen molar-refractivity contribution in [2.75, 3.05) is 0 Å². The smallest absolute Gasteiger partial charge is 0.347 e. The van der Waals surface area contributed by atoms with E-state index in [0.29, 0.717) is 5.82 Å². The first kappa shape index (κ1) is 14.4. The normalized spacial score (nSPS) is 11.3. The van der Waals surface area contributed by atoms with Crippen LogP contribution in [0.2, 0.25) is 0 Å². The highest BCUT2D eigenvalue weighted by Crippen LogP contribution is 2.38. The van der Waals surface area contributed by atoms with Gasteiger partial charge in [-0.25, -0.2) is 4.98 Å². The van der Waals surface area contributed by atoms with E-state index in [1.54, 1.807) is 6.20 Å². The van der Waals surface area contributed by atoms with Crippen LogP contribution in [0.25, 0.3) is 0 Å². The molecule has 0 saturated heterocycles. The summed E-state index contributed by atoms with van der Waals surface area (Å²) >= 11 is -0.305. The number of aromatic nitrogens is 2. The van der Waals surface area contributed by atoms with Gasteiger partial charge in [-0.1, -0.05) is 12.1 Å². The number of hydrogen-bond acceptors (Lipinski definition) is 3. The van der Waals surface area contributed by atoms with E-state index in [0.717, 1.165) is 0 Å². The van der Waals surface area contributed by atoms with Crippen LogP contribution in [0, 0.1) is 0 Å². The lowest BCUT2D eigenvalue weighted by Crippen LogP contribution is -2.24. The van der Waals surface area contributed by atoms with E-state index in [9.17, 15) is 18.0 Å². The Morgan fingerprint density at radius 1 is 1.35 bits per heavy atom. The lowest BCUT2D eigenvalue weighted by molar-refractivity contribution is -0.0328. The maximum atomic E-state index is 12.4. The van der Waals surface area contributed by atoms with Gasteiger partial charge in [0.2, 0.25) is 0 Å². The Morgan fingerprint density at radius 3 is 2.75 bits per heavy atom. The molecule has 0 radical (unpaired) electrons. The summed E-state index contributed by atoms with van der Waals surface area (Å²) in [5.74, 6) is -0.0481. The third-order valence-corrected chi connectivity index (χ3v) is 3.14. The summed E-state index contributed by atoms with van der Waals surface area (Å²) in [7, 11) is 0. The van der Waals surface area contributed by atoms with Crippen molar-refractivity contribution in [3.8, 4) is 0 Å². The summed E-state index contributed by atoms with van der Waals surface area (Å²) in [4.78, 5) is 18.5. The van der Waals surface area contributed by atoms with E-state index < -0.39 is 11.4 Å². The van der Waals surface area contributed by atoms with Gasteiger partial charge in [0.15, 0.2) is 0 Å². The van der Waals surface area contributed by atoms with Crippen molar-refractivity contribution in [3.05, 3.63) is 48.0 Å². The molecule has 0 fully saturated rings. The number of alkyl halides is 3. The minimum Gasteiger partial charge on any atom is -0.347 e. The molecule has 0 unspecified atom stereocenters. The maximum Gasteiger partial charge on any atom is 0.446 e. The van der Waals surface area contributed by atoms with Crippen LogP contribution in [0.5, 0.6) is 0 Å². The van der Waals surface area contributed by atoms with Gasteiger partial charge in [-0.15, -0.1) is 0 Å². The topological polar surface area (TPSA) is 57.8 Å². The van der Waals surface area contributed by atoms with Crippen molar-refractivity contribution in [1.82, 2.24) is 15.3 Å². The molecule has 8 heteroatoms. The molecule has 0 aliphatic heterocycles. The highest BCUT2D eigenvalue weighted by molar-refractivity contribution is 8.00. The largest absolute Gasteiger partial charge is 0.446 e. The van der Waals surface area contributed by atoms with Gasteiger partial charge in [-0.3, -0.25) is 4.79 Å². The number of imidazole rings is 1. The summed E-state index contributed by atoms with van der Waals surface area (Å²) in [6.07, 6.45) is 3.11. The van der Waals surface area contributed by atoms with Crippen LogP contribution in [-0.4, -0.2) is 21.4 Å². The van der Waals surface area contributed by atoms with Crippen molar-refractivity contribution < 1.29 is 18.0 Å². The van der Waals surface area contributed by atoms with Crippen LogP contribution < -0.4 is 5.32 Å². The number of nitrogens with zero attached hydrogens (tertiary/aromatic N) is 1. The number of thioether (sulfide) groups is 1. The molecule has 2 rings (SSSR count). The van der Waals surface area contributed by atoms with Gasteiger partial charge >= 0.3 is 5.51 Å². The number of aromatic amines is 1. The summed E-state index contributed by atoms with van der Waals surface area (Å²) < 4.78 is 37.2. The molecule has 4 nitrogen and oxygen atoms in total. The molecule has 1 heterocycles. The number of amides is 1. The number of carbonyl (C=O) groups excluding carboxylic acids is 1. The zero-order valence-electron chi connectivity index (χ0n) is 10.1. The second-order valence-electron chi connectivity index (χ2n) is 3.76. The van der Waals surface area contributed by atoms with E-state index in [1.165, 1.54) is 30.5 Å². The quantitative estimate of drug-likeness (QED) is 0.854. The molecule has 1 amide bonds. The molecule has 0 bridgehead atoms. The van der Waals surface area contributed by atoms with E-state index >= 15 is 0 Å². The first-order valence-electron chi connectivity index (χ1n) is 5.57. The Labute approximate surface area is 116 Å². The van der Waals surface area contributed by atoms with Crippen LogP contribution in [0.4, 0.5) is 13.2 Å². The highest BCUT2D eigenvalue weighted by Gasteiger charge is 2.31. The van der Waals surface area contributed by atoms with E-state index in [4.69, 9.17) is 0 Å². The fraction of sp³-hybridized carbons (Fsp3) is 0.167. The number of benzene rings is 1. The number of halogens is 3. The Balaban J connectivity index is 2.09. The molecule has 106 valence electrons. The fourth-order valence-electron chi connectivity index (χ4n) is 1.52. The molecular formula is C12H10F3N3OS. The maximum absolute atomic E-state index is 12.4. The van der Waals surface area contributed by atoms with Gasteiger partial charge in [0, 0.05) is 17.3 Å². The average molecular weight is 301 g/mol. The first-order chi connectivity index (χ1) is 9.46. The number of H-pyrrole nitrogens is 1. The average Bonchev–Trinajstić information content (AvgIpc) is 2.88. The van der Waals surface area contributed by atoms with E-state index in [-0.39, 0.29) is 28.8 Å². The molecule has 2 aromatic rings. The van der Waals surface area contributed by atoms with Gasteiger partial charge in [0.25, 0.3) is 5.91 Å². The monoisotopic (exact) mass is 301 g/mol. The number of nitrogens with one attached hydrogen (secondary N) is 2. The van der Waals surface area contributed by atoms with Crippen LogP contribution in [0.3, 0.4) is 0 Å². The predicted octanol–water partition coefficient (Wildman–Crippen LogP) is 2.95.